The Balaban J connectivity index is 2.25. The van der Waals surface area contributed by atoms with Crippen molar-refractivity contribution in [3.63, 3.8) is 0 Å². The van der Waals surface area contributed by atoms with E-state index in [1.54, 1.807) is 0 Å². The maximum absolute atomic E-state index is 5.56. The van der Waals surface area contributed by atoms with E-state index in [1.807, 2.05) is 6.92 Å². The molecular weight excluding hydrogens is 154 g/mol. The van der Waals surface area contributed by atoms with Crippen LogP contribution in [0.1, 0.15) is 13.3 Å². The maximum Gasteiger partial charge on any atom is 0.202 e. The number of nitrogens with two attached hydrogens (primary N) is 1. The Kier molecular flexibility index (Phi) is 1.64. The lowest BCUT2D eigenvalue weighted by atomic mass is 10.3. The second-order valence-electron chi connectivity index (χ2n) is 3.02. The minimum Gasteiger partial charge on any atom is -0.370 e. The molecule has 1 unspecified atom stereocenters. The maximum atomic E-state index is 5.56. The van der Waals surface area contributed by atoms with E-state index in [0.29, 0.717) is 5.96 Å². The van der Waals surface area contributed by atoms with Gasteiger partial charge in [0.1, 0.15) is 6.17 Å². The first-order chi connectivity index (χ1) is 5.77. The second kappa shape index (κ2) is 2.66. The molecule has 2 rings (SSSR count). The second-order valence-corrected chi connectivity index (χ2v) is 3.02. The molecule has 0 saturated heterocycles. The summed E-state index contributed by atoms with van der Waals surface area (Å²) in [6.07, 6.45) is 1.23. The molecule has 3 N–H and O–H groups in total. The van der Waals surface area contributed by atoms with Crippen LogP contribution in [0.2, 0.25) is 0 Å². The molecule has 66 valence electrons. The summed E-state index contributed by atoms with van der Waals surface area (Å²) in [4.78, 5) is 10.6. The molecule has 0 saturated carbocycles. The Labute approximate surface area is 71.4 Å². The molecule has 5 heteroatoms. The Bertz CT molecular complexity index is 244. The molecule has 0 aromatic rings. The van der Waals surface area contributed by atoms with Crippen molar-refractivity contribution in [3.8, 4) is 0 Å². The fourth-order valence-corrected chi connectivity index (χ4v) is 1.52. The van der Waals surface area contributed by atoms with Gasteiger partial charge in [0, 0.05) is 13.1 Å². The Morgan fingerprint density at radius 3 is 3.33 bits per heavy atom. The minimum absolute atomic E-state index is 0.130. The summed E-state index contributed by atoms with van der Waals surface area (Å²) < 4.78 is 0. The van der Waals surface area contributed by atoms with Gasteiger partial charge in [0.25, 0.3) is 0 Å². The number of aliphatic imine (C=N–C) groups is 2. The number of rotatable bonds is 0. The van der Waals surface area contributed by atoms with Crippen molar-refractivity contribution >= 4 is 11.9 Å². The summed E-state index contributed by atoms with van der Waals surface area (Å²) in [5.41, 5.74) is 5.56. The third-order valence-corrected chi connectivity index (χ3v) is 2.11. The Morgan fingerprint density at radius 2 is 2.50 bits per heavy atom. The standard InChI is InChI=1S/C7H13N5/c1-5-10-6(8)11-7-9-3-2-4-12(5)7/h5H,2-4H2,1H3,(H3,8,9,10,11). The van der Waals surface area contributed by atoms with Crippen LogP contribution in [0.25, 0.3) is 0 Å². The van der Waals surface area contributed by atoms with E-state index in [2.05, 4.69) is 20.2 Å². The summed E-state index contributed by atoms with van der Waals surface area (Å²) >= 11 is 0. The van der Waals surface area contributed by atoms with Crippen molar-refractivity contribution in [2.75, 3.05) is 13.1 Å². The lowest BCUT2D eigenvalue weighted by molar-refractivity contribution is 0.306. The van der Waals surface area contributed by atoms with Crippen LogP contribution >= 0.6 is 0 Å². The Hall–Kier alpha value is -1.26. The highest BCUT2D eigenvalue weighted by atomic mass is 15.4. The van der Waals surface area contributed by atoms with E-state index in [-0.39, 0.29) is 6.17 Å². The van der Waals surface area contributed by atoms with E-state index in [9.17, 15) is 0 Å². The highest BCUT2D eigenvalue weighted by molar-refractivity contribution is 5.99. The van der Waals surface area contributed by atoms with E-state index in [0.717, 1.165) is 25.5 Å². The van der Waals surface area contributed by atoms with E-state index in [1.165, 1.54) is 0 Å². The molecule has 12 heavy (non-hydrogen) atoms. The molecule has 2 heterocycles. The predicted molar refractivity (Wildman–Crippen MR) is 47.8 cm³/mol. The lowest BCUT2D eigenvalue weighted by Gasteiger charge is -2.35. The van der Waals surface area contributed by atoms with E-state index >= 15 is 0 Å². The molecule has 5 nitrogen and oxygen atoms in total. The minimum atomic E-state index is 0.130. The van der Waals surface area contributed by atoms with Gasteiger partial charge in [0.15, 0.2) is 5.96 Å². The molecule has 2 aliphatic rings. The number of guanidine groups is 2. The molecule has 2 aliphatic heterocycles. The highest BCUT2D eigenvalue weighted by Gasteiger charge is 2.24. The van der Waals surface area contributed by atoms with E-state index < -0.39 is 0 Å². The fourth-order valence-electron chi connectivity index (χ4n) is 1.52. The third-order valence-electron chi connectivity index (χ3n) is 2.11. The lowest BCUT2D eigenvalue weighted by Crippen LogP contribution is -2.56. The highest BCUT2D eigenvalue weighted by Crippen LogP contribution is 2.10. The Morgan fingerprint density at radius 1 is 1.67 bits per heavy atom. The molecule has 0 radical (unpaired) electrons. The van der Waals surface area contributed by atoms with Crippen LogP contribution in [0.5, 0.6) is 0 Å². The zero-order valence-corrected chi connectivity index (χ0v) is 7.12. The SMILES string of the molecule is CC1N=C(N)NC2=NCCCN21. The van der Waals surface area contributed by atoms with Gasteiger partial charge in [-0.15, -0.1) is 0 Å². The van der Waals surface area contributed by atoms with Crippen molar-refractivity contribution in [1.82, 2.24) is 10.2 Å². The molecular formula is C7H13N5. The van der Waals surface area contributed by atoms with Crippen molar-refractivity contribution in [2.45, 2.75) is 19.5 Å². The number of nitrogens with one attached hydrogen (secondary N) is 1. The summed E-state index contributed by atoms with van der Waals surface area (Å²) in [6.45, 7) is 3.93. The van der Waals surface area contributed by atoms with Gasteiger partial charge in [0.2, 0.25) is 5.96 Å². The van der Waals surface area contributed by atoms with Gasteiger partial charge in [-0.25, -0.2) is 4.99 Å². The van der Waals surface area contributed by atoms with Gasteiger partial charge in [-0.05, 0) is 13.3 Å². The van der Waals surface area contributed by atoms with Crippen molar-refractivity contribution < 1.29 is 0 Å². The van der Waals surface area contributed by atoms with Crippen LogP contribution in [0.3, 0.4) is 0 Å². The smallest absolute Gasteiger partial charge is 0.202 e. The van der Waals surface area contributed by atoms with E-state index in [4.69, 9.17) is 5.73 Å². The zero-order valence-electron chi connectivity index (χ0n) is 7.12. The number of fused-ring (bicyclic) bond motifs is 1. The van der Waals surface area contributed by atoms with Crippen molar-refractivity contribution in [3.05, 3.63) is 0 Å². The van der Waals surface area contributed by atoms with Crippen molar-refractivity contribution in [2.24, 2.45) is 15.7 Å². The molecule has 0 fully saturated rings. The van der Waals surface area contributed by atoms with Crippen LogP contribution in [-0.2, 0) is 0 Å². The van der Waals surface area contributed by atoms with Gasteiger partial charge in [-0.3, -0.25) is 10.3 Å². The largest absolute Gasteiger partial charge is 0.370 e. The first-order valence-electron chi connectivity index (χ1n) is 4.19. The average Bonchev–Trinajstić information content (AvgIpc) is 2.04. The molecule has 0 amide bonds. The first-order valence-corrected chi connectivity index (χ1v) is 4.19. The summed E-state index contributed by atoms with van der Waals surface area (Å²) in [5, 5.41) is 2.95. The molecule has 0 aromatic heterocycles. The summed E-state index contributed by atoms with van der Waals surface area (Å²) in [5.74, 6) is 1.35. The van der Waals surface area contributed by atoms with Gasteiger partial charge in [-0.1, -0.05) is 0 Å². The molecule has 1 atom stereocenters. The van der Waals surface area contributed by atoms with Gasteiger partial charge < -0.3 is 10.6 Å². The third kappa shape index (κ3) is 1.11. The van der Waals surface area contributed by atoms with Crippen LogP contribution in [0, 0.1) is 0 Å². The quantitative estimate of drug-likeness (QED) is 0.502. The fraction of sp³-hybridized carbons (Fsp3) is 0.714. The van der Waals surface area contributed by atoms with Crippen LogP contribution in [0.15, 0.2) is 9.98 Å². The van der Waals surface area contributed by atoms with Crippen molar-refractivity contribution in [1.29, 1.82) is 0 Å². The molecule has 0 aliphatic carbocycles. The van der Waals surface area contributed by atoms with Crippen LogP contribution < -0.4 is 11.1 Å². The first kappa shape index (κ1) is 7.39. The summed E-state index contributed by atoms with van der Waals surface area (Å²) in [6, 6.07) is 0. The normalized spacial score (nSPS) is 28.4. The number of hydrogen-bond donors (Lipinski definition) is 2. The van der Waals surface area contributed by atoms with Crippen LogP contribution in [0.4, 0.5) is 0 Å². The predicted octanol–water partition coefficient (Wildman–Crippen LogP) is -0.688. The molecule has 0 aromatic carbocycles. The van der Waals surface area contributed by atoms with Gasteiger partial charge in [0.05, 0.1) is 0 Å². The number of nitrogens with zero attached hydrogens (tertiary/aromatic N) is 3. The van der Waals surface area contributed by atoms with Crippen LogP contribution in [-0.4, -0.2) is 36.1 Å². The van der Waals surface area contributed by atoms with Gasteiger partial charge >= 0.3 is 0 Å². The zero-order chi connectivity index (χ0) is 8.55. The molecule has 0 spiro atoms. The monoisotopic (exact) mass is 167 g/mol. The average molecular weight is 167 g/mol. The topological polar surface area (TPSA) is 66.0 Å². The molecule has 0 bridgehead atoms. The number of hydrogen-bond acceptors (Lipinski definition) is 5. The summed E-state index contributed by atoms with van der Waals surface area (Å²) in [7, 11) is 0. The van der Waals surface area contributed by atoms with Gasteiger partial charge in [-0.2, -0.15) is 0 Å².